The highest BCUT2D eigenvalue weighted by Crippen LogP contribution is 2.07. The SMILES string of the molecule is CCn1c(=O)c2nc(CCl)[nH]c2n(CC)c1=O. The summed E-state index contributed by atoms with van der Waals surface area (Å²) in [5, 5.41) is 0. The van der Waals surface area contributed by atoms with E-state index < -0.39 is 0 Å². The van der Waals surface area contributed by atoms with Gasteiger partial charge in [0.05, 0.1) is 5.88 Å². The lowest BCUT2D eigenvalue weighted by molar-refractivity contribution is 0.605. The topological polar surface area (TPSA) is 72.7 Å². The van der Waals surface area contributed by atoms with Crippen LogP contribution in [0.5, 0.6) is 0 Å². The molecule has 0 aliphatic carbocycles. The van der Waals surface area contributed by atoms with E-state index in [0.717, 1.165) is 0 Å². The maximum absolute atomic E-state index is 12.0. The molecule has 0 aliphatic heterocycles. The van der Waals surface area contributed by atoms with E-state index in [4.69, 9.17) is 11.6 Å². The van der Waals surface area contributed by atoms with Gasteiger partial charge in [-0.3, -0.25) is 13.9 Å². The van der Waals surface area contributed by atoms with Crippen molar-refractivity contribution in [1.29, 1.82) is 0 Å². The summed E-state index contributed by atoms with van der Waals surface area (Å²) < 4.78 is 2.66. The van der Waals surface area contributed by atoms with Crippen molar-refractivity contribution in [2.24, 2.45) is 0 Å². The van der Waals surface area contributed by atoms with Gasteiger partial charge in [-0.2, -0.15) is 0 Å². The Bertz CT molecular complexity index is 667. The van der Waals surface area contributed by atoms with Crippen LogP contribution in [-0.4, -0.2) is 19.1 Å². The first-order chi connectivity index (χ1) is 8.13. The van der Waals surface area contributed by atoms with Crippen LogP contribution in [0.4, 0.5) is 0 Å². The number of fused-ring (bicyclic) bond motifs is 1. The van der Waals surface area contributed by atoms with E-state index in [1.165, 1.54) is 9.13 Å². The molecule has 0 spiro atoms. The number of rotatable bonds is 3. The molecule has 17 heavy (non-hydrogen) atoms. The van der Waals surface area contributed by atoms with E-state index >= 15 is 0 Å². The number of halogens is 1. The highest BCUT2D eigenvalue weighted by atomic mass is 35.5. The predicted molar refractivity (Wildman–Crippen MR) is 65.5 cm³/mol. The van der Waals surface area contributed by atoms with Crippen molar-refractivity contribution in [2.45, 2.75) is 32.8 Å². The summed E-state index contributed by atoms with van der Waals surface area (Å²) in [6.07, 6.45) is 0. The zero-order chi connectivity index (χ0) is 12.6. The van der Waals surface area contributed by atoms with Crippen LogP contribution in [0.25, 0.3) is 11.2 Å². The smallest absolute Gasteiger partial charge is 0.327 e. The molecule has 92 valence electrons. The Balaban J connectivity index is 2.98. The van der Waals surface area contributed by atoms with Crippen molar-refractivity contribution in [3.63, 3.8) is 0 Å². The fourth-order valence-corrected chi connectivity index (χ4v) is 1.97. The molecule has 0 atom stereocenters. The number of imidazole rings is 1. The number of nitrogens with zero attached hydrogens (tertiary/aromatic N) is 3. The second-order valence-corrected chi connectivity index (χ2v) is 3.86. The van der Waals surface area contributed by atoms with Gasteiger partial charge in [-0.15, -0.1) is 11.6 Å². The lowest BCUT2D eigenvalue weighted by Gasteiger charge is -2.07. The van der Waals surface area contributed by atoms with Crippen LogP contribution >= 0.6 is 11.6 Å². The molecule has 0 radical (unpaired) electrons. The minimum absolute atomic E-state index is 0.179. The molecule has 0 unspecified atom stereocenters. The highest BCUT2D eigenvalue weighted by molar-refractivity contribution is 6.16. The quantitative estimate of drug-likeness (QED) is 0.820. The standard InChI is InChI=1S/C10H13ClN4O2/c1-3-14-8-7(12-6(5-11)13-8)9(16)15(4-2)10(14)17/h3-5H2,1-2H3,(H,12,13). The van der Waals surface area contributed by atoms with Crippen LogP contribution in [0.15, 0.2) is 9.59 Å². The number of aromatic nitrogens is 4. The molecule has 2 aromatic rings. The number of aromatic amines is 1. The predicted octanol–water partition coefficient (Wildman–Crippen LogP) is 0.665. The summed E-state index contributed by atoms with van der Waals surface area (Å²) in [5.41, 5.74) is 0.0221. The number of nitrogens with one attached hydrogen (secondary N) is 1. The van der Waals surface area contributed by atoms with Gasteiger partial charge < -0.3 is 4.98 Å². The van der Waals surface area contributed by atoms with Crippen molar-refractivity contribution in [3.8, 4) is 0 Å². The number of hydrogen-bond acceptors (Lipinski definition) is 3. The highest BCUT2D eigenvalue weighted by Gasteiger charge is 2.14. The van der Waals surface area contributed by atoms with Crippen LogP contribution in [0, 0.1) is 0 Å². The lowest BCUT2D eigenvalue weighted by Crippen LogP contribution is -2.39. The minimum atomic E-state index is -0.371. The molecule has 2 rings (SSSR count). The Morgan fingerprint density at radius 1 is 1.24 bits per heavy atom. The third kappa shape index (κ3) is 1.68. The van der Waals surface area contributed by atoms with Crippen LogP contribution in [0.3, 0.4) is 0 Å². The molecule has 0 fully saturated rings. The van der Waals surface area contributed by atoms with Gasteiger partial charge in [0.15, 0.2) is 5.52 Å². The molecule has 2 aromatic heterocycles. The first-order valence-electron chi connectivity index (χ1n) is 5.42. The van der Waals surface area contributed by atoms with Gasteiger partial charge in [-0.05, 0) is 13.8 Å². The third-order valence-electron chi connectivity index (χ3n) is 2.67. The molecular formula is C10H13ClN4O2. The monoisotopic (exact) mass is 256 g/mol. The van der Waals surface area contributed by atoms with E-state index in [0.29, 0.717) is 24.6 Å². The van der Waals surface area contributed by atoms with Crippen molar-refractivity contribution in [1.82, 2.24) is 19.1 Å². The molecule has 7 heteroatoms. The van der Waals surface area contributed by atoms with Gasteiger partial charge >= 0.3 is 5.69 Å². The fraction of sp³-hybridized carbons (Fsp3) is 0.500. The first kappa shape index (κ1) is 11.9. The molecule has 1 N–H and O–H groups in total. The summed E-state index contributed by atoms with van der Waals surface area (Å²) >= 11 is 5.67. The summed E-state index contributed by atoms with van der Waals surface area (Å²) in [5.74, 6) is 0.673. The number of H-pyrrole nitrogens is 1. The van der Waals surface area contributed by atoms with Crippen LogP contribution < -0.4 is 11.2 Å². The molecule has 0 saturated carbocycles. The normalized spacial score (nSPS) is 11.2. The molecule has 0 aliphatic rings. The van der Waals surface area contributed by atoms with E-state index in [1.807, 2.05) is 6.92 Å². The molecule has 0 aromatic carbocycles. The first-order valence-corrected chi connectivity index (χ1v) is 5.95. The molecule has 0 bridgehead atoms. The number of hydrogen-bond donors (Lipinski definition) is 1. The van der Waals surface area contributed by atoms with Crippen LogP contribution in [0.2, 0.25) is 0 Å². The van der Waals surface area contributed by atoms with Crippen molar-refractivity contribution >= 4 is 22.8 Å². The molecular weight excluding hydrogens is 244 g/mol. The maximum Gasteiger partial charge on any atom is 0.332 e. The van der Waals surface area contributed by atoms with Gasteiger partial charge in [0, 0.05) is 13.1 Å². The van der Waals surface area contributed by atoms with E-state index in [9.17, 15) is 9.59 Å². The van der Waals surface area contributed by atoms with Gasteiger partial charge in [0.1, 0.15) is 11.5 Å². The van der Waals surface area contributed by atoms with Crippen molar-refractivity contribution < 1.29 is 0 Å². The van der Waals surface area contributed by atoms with Crippen molar-refractivity contribution in [3.05, 3.63) is 26.7 Å². The molecule has 6 nitrogen and oxygen atoms in total. The Morgan fingerprint density at radius 2 is 1.88 bits per heavy atom. The Kier molecular flexibility index (Phi) is 3.06. The third-order valence-corrected chi connectivity index (χ3v) is 2.93. The average Bonchev–Trinajstić information content (AvgIpc) is 2.74. The van der Waals surface area contributed by atoms with E-state index in [2.05, 4.69) is 9.97 Å². The Labute approximate surface area is 102 Å². The zero-order valence-electron chi connectivity index (χ0n) is 9.66. The maximum atomic E-state index is 12.0. The van der Waals surface area contributed by atoms with Crippen molar-refractivity contribution in [2.75, 3.05) is 0 Å². The molecule has 0 saturated heterocycles. The lowest BCUT2D eigenvalue weighted by atomic mass is 10.5. The second kappa shape index (κ2) is 4.37. The van der Waals surface area contributed by atoms with Gasteiger partial charge in [-0.1, -0.05) is 0 Å². The fourth-order valence-electron chi connectivity index (χ4n) is 1.85. The van der Waals surface area contributed by atoms with E-state index in [-0.39, 0.29) is 22.6 Å². The van der Waals surface area contributed by atoms with Gasteiger partial charge in [-0.25, -0.2) is 9.78 Å². The number of aryl methyl sites for hydroxylation is 1. The average molecular weight is 257 g/mol. The Morgan fingerprint density at radius 3 is 2.41 bits per heavy atom. The van der Waals surface area contributed by atoms with Crippen LogP contribution in [-0.2, 0) is 19.0 Å². The summed E-state index contributed by atoms with van der Waals surface area (Å²) in [6, 6.07) is 0. The zero-order valence-corrected chi connectivity index (χ0v) is 10.4. The summed E-state index contributed by atoms with van der Waals surface area (Å²) in [4.78, 5) is 31.0. The Hall–Kier alpha value is -1.56. The summed E-state index contributed by atoms with van der Waals surface area (Å²) in [7, 11) is 0. The minimum Gasteiger partial charge on any atom is -0.327 e. The molecule has 0 amide bonds. The molecule has 2 heterocycles. The number of alkyl halides is 1. The second-order valence-electron chi connectivity index (χ2n) is 3.59. The van der Waals surface area contributed by atoms with Crippen LogP contribution in [0.1, 0.15) is 19.7 Å². The largest absolute Gasteiger partial charge is 0.332 e. The summed E-state index contributed by atoms with van der Waals surface area (Å²) in [6.45, 7) is 4.40. The van der Waals surface area contributed by atoms with Gasteiger partial charge in [0.2, 0.25) is 0 Å². The van der Waals surface area contributed by atoms with E-state index in [1.54, 1.807) is 6.92 Å². The van der Waals surface area contributed by atoms with Gasteiger partial charge in [0.25, 0.3) is 5.56 Å².